The van der Waals surface area contributed by atoms with Crippen molar-refractivity contribution in [3.05, 3.63) is 66.5 Å². The van der Waals surface area contributed by atoms with Gasteiger partial charge in [0.15, 0.2) is 5.65 Å². The molecule has 0 aliphatic carbocycles. The lowest BCUT2D eigenvalue weighted by atomic mass is 10.0. The highest BCUT2D eigenvalue weighted by atomic mass is 16.2. The molecular weight excluding hydrogens is 352 g/mol. The number of aromatic nitrogens is 4. The Labute approximate surface area is 162 Å². The van der Waals surface area contributed by atoms with E-state index in [1.165, 1.54) is 10.8 Å². The van der Waals surface area contributed by atoms with E-state index in [9.17, 15) is 4.79 Å². The number of rotatable bonds is 3. The van der Waals surface area contributed by atoms with E-state index < -0.39 is 0 Å². The SMILES string of the molecule is O=C(Cc1ccc2ccccc2c1)N1CCN(c2ccc3nncn3n2)CC1. The third-order valence-corrected chi connectivity index (χ3v) is 5.27. The van der Waals surface area contributed by atoms with Crippen LogP contribution in [0.4, 0.5) is 5.82 Å². The molecule has 1 amide bonds. The quantitative estimate of drug-likeness (QED) is 0.551. The van der Waals surface area contributed by atoms with Crippen molar-refractivity contribution in [1.82, 2.24) is 24.7 Å². The van der Waals surface area contributed by atoms with E-state index in [1.54, 1.807) is 10.8 Å². The Bertz CT molecular complexity index is 1150. The lowest BCUT2D eigenvalue weighted by molar-refractivity contribution is -0.130. The Morgan fingerprint density at radius 3 is 2.61 bits per heavy atom. The average Bonchev–Trinajstić information content (AvgIpc) is 3.21. The van der Waals surface area contributed by atoms with Crippen molar-refractivity contribution in [3.63, 3.8) is 0 Å². The van der Waals surface area contributed by atoms with Gasteiger partial charge < -0.3 is 9.80 Å². The smallest absolute Gasteiger partial charge is 0.227 e. The summed E-state index contributed by atoms with van der Waals surface area (Å²) in [5.41, 5.74) is 1.79. The van der Waals surface area contributed by atoms with Crippen molar-refractivity contribution < 1.29 is 4.79 Å². The molecule has 4 aromatic rings. The number of hydrogen-bond donors (Lipinski definition) is 0. The summed E-state index contributed by atoms with van der Waals surface area (Å²) in [6, 6.07) is 18.3. The normalized spacial score (nSPS) is 14.7. The zero-order chi connectivity index (χ0) is 18.9. The van der Waals surface area contributed by atoms with E-state index in [2.05, 4.69) is 50.5 Å². The summed E-state index contributed by atoms with van der Waals surface area (Å²) < 4.78 is 1.67. The topological polar surface area (TPSA) is 66.6 Å². The number of nitrogens with zero attached hydrogens (tertiary/aromatic N) is 6. The summed E-state index contributed by atoms with van der Waals surface area (Å²) in [4.78, 5) is 16.9. The molecule has 7 heteroatoms. The van der Waals surface area contributed by atoms with Crippen molar-refractivity contribution in [3.8, 4) is 0 Å². The maximum atomic E-state index is 12.8. The molecule has 3 heterocycles. The molecule has 1 fully saturated rings. The predicted octanol–water partition coefficient (Wildman–Crippen LogP) is 2.17. The van der Waals surface area contributed by atoms with Crippen molar-refractivity contribution in [1.29, 1.82) is 0 Å². The maximum absolute atomic E-state index is 12.8. The molecule has 2 aromatic heterocycles. The van der Waals surface area contributed by atoms with Crippen LogP contribution in [0.5, 0.6) is 0 Å². The van der Waals surface area contributed by atoms with Crippen LogP contribution in [-0.2, 0) is 11.2 Å². The van der Waals surface area contributed by atoms with E-state index in [0.29, 0.717) is 19.5 Å². The minimum Gasteiger partial charge on any atom is -0.352 e. The largest absolute Gasteiger partial charge is 0.352 e. The number of benzene rings is 2. The number of fused-ring (bicyclic) bond motifs is 2. The summed E-state index contributed by atoms with van der Waals surface area (Å²) in [5, 5.41) is 14.8. The minimum absolute atomic E-state index is 0.178. The van der Waals surface area contributed by atoms with Gasteiger partial charge in [0.2, 0.25) is 5.91 Å². The predicted molar refractivity (Wildman–Crippen MR) is 107 cm³/mol. The minimum atomic E-state index is 0.178. The molecule has 0 N–H and O–H groups in total. The van der Waals surface area contributed by atoms with Gasteiger partial charge in [-0.05, 0) is 28.5 Å². The summed E-state index contributed by atoms with van der Waals surface area (Å²) in [6.07, 6.45) is 2.04. The van der Waals surface area contributed by atoms with Gasteiger partial charge in [0, 0.05) is 26.2 Å². The summed E-state index contributed by atoms with van der Waals surface area (Å²) in [6.45, 7) is 2.94. The number of hydrogen-bond acceptors (Lipinski definition) is 5. The van der Waals surface area contributed by atoms with Gasteiger partial charge in [-0.1, -0.05) is 42.5 Å². The van der Waals surface area contributed by atoms with E-state index in [-0.39, 0.29) is 5.91 Å². The molecule has 1 saturated heterocycles. The fourth-order valence-electron chi connectivity index (χ4n) is 3.71. The highest BCUT2D eigenvalue weighted by molar-refractivity contribution is 5.85. The summed E-state index contributed by atoms with van der Waals surface area (Å²) in [5.74, 6) is 1.06. The van der Waals surface area contributed by atoms with Crippen LogP contribution in [0, 0.1) is 0 Å². The number of carbonyl (C=O) groups is 1. The molecule has 1 aliphatic rings. The van der Waals surface area contributed by atoms with Crippen LogP contribution in [0.25, 0.3) is 16.4 Å². The second-order valence-electron chi connectivity index (χ2n) is 7.05. The van der Waals surface area contributed by atoms with Gasteiger partial charge in [0.1, 0.15) is 12.1 Å². The standard InChI is InChI=1S/C21H20N6O/c28-21(14-16-5-6-17-3-1-2-4-18(17)13-16)26-11-9-25(10-12-26)20-8-7-19-23-22-15-27(19)24-20/h1-8,13,15H,9-12,14H2. The highest BCUT2D eigenvalue weighted by Crippen LogP contribution is 2.18. The number of anilines is 1. The fourth-order valence-corrected chi connectivity index (χ4v) is 3.71. The van der Waals surface area contributed by atoms with Crippen LogP contribution in [0.2, 0.25) is 0 Å². The molecule has 0 bridgehead atoms. The van der Waals surface area contributed by atoms with E-state index >= 15 is 0 Å². The second-order valence-corrected chi connectivity index (χ2v) is 7.05. The molecule has 0 unspecified atom stereocenters. The van der Waals surface area contributed by atoms with Crippen molar-refractivity contribution in [2.75, 3.05) is 31.1 Å². The molecule has 0 spiro atoms. The van der Waals surface area contributed by atoms with Gasteiger partial charge >= 0.3 is 0 Å². The van der Waals surface area contributed by atoms with Gasteiger partial charge in [0.05, 0.1) is 6.42 Å². The van der Waals surface area contributed by atoms with Crippen molar-refractivity contribution in [2.24, 2.45) is 0 Å². The van der Waals surface area contributed by atoms with Gasteiger partial charge in [-0.2, -0.15) is 4.52 Å². The number of carbonyl (C=O) groups excluding carboxylic acids is 1. The molecule has 1 aliphatic heterocycles. The lowest BCUT2D eigenvalue weighted by Crippen LogP contribution is -2.49. The van der Waals surface area contributed by atoms with Crippen molar-refractivity contribution >= 4 is 28.1 Å². The van der Waals surface area contributed by atoms with Gasteiger partial charge in [0.25, 0.3) is 0 Å². The van der Waals surface area contributed by atoms with Crippen LogP contribution in [-0.4, -0.2) is 56.8 Å². The monoisotopic (exact) mass is 372 g/mol. The third kappa shape index (κ3) is 3.15. The molecule has 28 heavy (non-hydrogen) atoms. The first kappa shape index (κ1) is 16.7. The van der Waals surface area contributed by atoms with E-state index in [1.807, 2.05) is 29.2 Å². The first-order valence-electron chi connectivity index (χ1n) is 9.44. The maximum Gasteiger partial charge on any atom is 0.227 e. The zero-order valence-corrected chi connectivity index (χ0v) is 15.4. The van der Waals surface area contributed by atoms with Gasteiger partial charge in [-0.15, -0.1) is 15.3 Å². The zero-order valence-electron chi connectivity index (χ0n) is 15.4. The van der Waals surface area contributed by atoms with E-state index in [4.69, 9.17) is 0 Å². The fraction of sp³-hybridized carbons (Fsp3) is 0.238. The first-order valence-corrected chi connectivity index (χ1v) is 9.44. The Balaban J connectivity index is 1.23. The highest BCUT2D eigenvalue weighted by Gasteiger charge is 2.22. The molecule has 0 saturated carbocycles. The third-order valence-electron chi connectivity index (χ3n) is 5.27. The van der Waals surface area contributed by atoms with Gasteiger partial charge in [-0.3, -0.25) is 4.79 Å². The van der Waals surface area contributed by atoms with Crippen LogP contribution >= 0.6 is 0 Å². The second kappa shape index (κ2) is 6.92. The van der Waals surface area contributed by atoms with Crippen molar-refractivity contribution in [2.45, 2.75) is 6.42 Å². The molecule has 0 atom stereocenters. The van der Waals surface area contributed by atoms with Crippen LogP contribution in [0.15, 0.2) is 60.9 Å². The Morgan fingerprint density at radius 2 is 1.75 bits per heavy atom. The Hall–Kier alpha value is -3.48. The Kier molecular flexibility index (Phi) is 4.12. The summed E-state index contributed by atoms with van der Waals surface area (Å²) in [7, 11) is 0. The molecule has 140 valence electrons. The van der Waals surface area contributed by atoms with E-state index in [0.717, 1.165) is 30.1 Å². The number of amides is 1. The lowest BCUT2D eigenvalue weighted by Gasteiger charge is -2.35. The molecule has 2 aromatic carbocycles. The summed E-state index contributed by atoms with van der Waals surface area (Å²) >= 11 is 0. The number of piperazine rings is 1. The Morgan fingerprint density at radius 1 is 0.929 bits per heavy atom. The molecule has 0 radical (unpaired) electrons. The van der Waals surface area contributed by atoms with Crippen LogP contribution < -0.4 is 4.90 Å². The molecule has 5 rings (SSSR count). The molecular formula is C21H20N6O. The van der Waals surface area contributed by atoms with Gasteiger partial charge in [-0.25, -0.2) is 0 Å². The van der Waals surface area contributed by atoms with Crippen LogP contribution in [0.3, 0.4) is 0 Å². The average molecular weight is 372 g/mol. The first-order chi connectivity index (χ1) is 13.8. The van der Waals surface area contributed by atoms with Crippen LogP contribution in [0.1, 0.15) is 5.56 Å². The molecule has 7 nitrogen and oxygen atoms in total.